The monoisotopic (exact) mass is 483 g/mol. The molecule has 1 aliphatic rings. The molecule has 10 nitrogen and oxygen atoms in total. The fraction of sp³-hybridized carbons (Fsp3) is 0.174. The molecule has 1 saturated heterocycles. The maximum absolute atomic E-state index is 12.7. The van der Waals surface area contributed by atoms with Crippen LogP contribution in [0, 0.1) is 10.1 Å². The van der Waals surface area contributed by atoms with Crippen LogP contribution in [0.3, 0.4) is 0 Å². The van der Waals surface area contributed by atoms with Crippen molar-refractivity contribution in [3.8, 4) is 11.5 Å². The van der Waals surface area contributed by atoms with Gasteiger partial charge >= 0.3 is 0 Å². The lowest BCUT2D eigenvalue weighted by Crippen LogP contribution is -2.40. The number of ether oxygens (including phenoxy) is 2. The number of nitro benzene ring substituents is 1. The first-order valence-electron chi connectivity index (χ1n) is 10.3. The van der Waals surface area contributed by atoms with Crippen molar-refractivity contribution in [3.05, 3.63) is 88.5 Å². The topological polar surface area (TPSA) is 128 Å². The number of nitrogens with zero attached hydrogens (tertiary/aromatic N) is 2. The van der Waals surface area contributed by atoms with Crippen molar-refractivity contribution in [2.45, 2.75) is 4.90 Å². The Morgan fingerprint density at radius 2 is 1.47 bits per heavy atom. The molecule has 34 heavy (non-hydrogen) atoms. The highest BCUT2D eigenvalue weighted by atomic mass is 32.2. The average Bonchev–Trinajstić information content (AvgIpc) is 2.86. The second-order valence-electron chi connectivity index (χ2n) is 7.37. The number of sulfonamides is 1. The summed E-state index contributed by atoms with van der Waals surface area (Å²) in [5, 5.41) is 13.4. The molecule has 0 saturated carbocycles. The summed E-state index contributed by atoms with van der Waals surface area (Å²) in [6.07, 6.45) is 0. The Balaban J connectivity index is 1.37. The van der Waals surface area contributed by atoms with Gasteiger partial charge in [0.1, 0.15) is 11.5 Å². The van der Waals surface area contributed by atoms with Gasteiger partial charge < -0.3 is 14.8 Å². The summed E-state index contributed by atoms with van der Waals surface area (Å²) in [6, 6.07) is 18.1. The number of morpholine rings is 1. The molecular formula is C23H21N3O7S. The largest absolute Gasteiger partial charge is 0.457 e. The molecule has 1 fully saturated rings. The minimum Gasteiger partial charge on any atom is -0.457 e. The molecular weight excluding hydrogens is 462 g/mol. The number of amides is 1. The van der Waals surface area contributed by atoms with Gasteiger partial charge in [0, 0.05) is 36.5 Å². The first kappa shape index (κ1) is 23.4. The first-order valence-corrected chi connectivity index (χ1v) is 11.8. The molecule has 11 heteroatoms. The molecule has 0 aromatic heterocycles. The van der Waals surface area contributed by atoms with E-state index >= 15 is 0 Å². The Kier molecular flexibility index (Phi) is 6.87. The van der Waals surface area contributed by atoms with Gasteiger partial charge in [0.05, 0.1) is 23.0 Å². The van der Waals surface area contributed by atoms with Crippen LogP contribution in [0.2, 0.25) is 0 Å². The van der Waals surface area contributed by atoms with Gasteiger partial charge in [0.15, 0.2) is 0 Å². The summed E-state index contributed by atoms with van der Waals surface area (Å²) < 4.78 is 37.8. The number of carbonyl (C=O) groups is 1. The van der Waals surface area contributed by atoms with Gasteiger partial charge in [-0.25, -0.2) is 8.42 Å². The molecule has 0 aliphatic carbocycles. The van der Waals surface area contributed by atoms with Gasteiger partial charge in [-0.2, -0.15) is 4.31 Å². The Morgan fingerprint density at radius 3 is 2.03 bits per heavy atom. The zero-order valence-electron chi connectivity index (χ0n) is 17.9. The summed E-state index contributed by atoms with van der Waals surface area (Å²) in [4.78, 5) is 22.7. The summed E-state index contributed by atoms with van der Waals surface area (Å²) in [6.45, 7) is 1.41. The second-order valence-corrected chi connectivity index (χ2v) is 9.31. The zero-order valence-corrected chi connectivity index (χ0v) is 18.7. The van der Waals surface area contributed by atoms with E-state index in [9.17, 15) is 23.3 Å². The molecule has 3 aromatic carbocycles. The third kappa shape index (κ3) is 5.39. The van der Waals surface area contributed by atoms with Crippen LogP contribution in [0.15, 0.2) is 77.7 Å². The molecule has 0 bridgehead atoms. The zero-order chi connectivity index (χ0) is 24.1. The van der Waals surface area contributed by atoms with E-state index in [-0.39, 0.29) is 16.1 Å². The molecule has 0 spiro atoms. The predicted octanol–water partition coefficient (Wildman–Crippen LogP) is 3.66. The Hall–Kier alpha value is -3.80. The minimum absolute atomic E-state index is 0.0928. The SMILES string of the molecule is O=C(Nc1ccc(Oc2ccc(S(=O)(=O)N3CCOCC3)cc2)cc1)c1ccc([N+](=O)[O-])cc1. The van der Waals surface area contributed by atoms with Gasteiger partial charge in [-0.15, -0.1) is 0 Å². The van der Waals surface area contributed by atoms with E-state index in [0.29, 0.717) is 43.5 Å². The van der Waals surface area contributed by atoms with Crippen molar-refractivity contribution >= 4 is 27.3 Å². The highest BCUT2D eigenvalue weighted by Gasteiger charge is 2.26. The maximum Gasteiger partial charge on any atom is 0.269 e. The standard InChI is InChI=1S/C23H21N3O7S/c27-23(17-1-5-19(6-2-17)26(28)29)24-18-3-7-20(8-4-18)33-21-9-11-22(12-10-21)34(30,31)25-13-15-32-16-14-25/h1-12H,13-16H2,(H,24,27). The molecule has 4 rings (SSSR count). The van der Waals surface area contributed by atoms with E-state index in [1.54, 1.807) is 36.4 Å². The van der Waals surface area contributed by atoms with Crippen molar-refractivity contribution in [1.82, 2.24) is 4.31 Å². The molecule has 0 radical (unpaired) electrons. The highest BCUT2D eigenvalue weighted by molar-refractivity contribution is 7.89. The van der Waals surface area contributed by atoms with E-state index in [0.717, 1.165) is 0 Å². The quantitative estimate of drug-likeness (QED) is 0.401. The van der Waals surface area contributed by atoms with Crippen molar-refractivity contribution in [2.24, 2.45) is 0 Å². The molecule has 0 unspecified atom stereocenters. The third-order valence-electron chi connectivity index (χ3n) is 5.12. The summed E-state index contributed by atoms with van der Waals surface area (Å²) in [5.74, 6) is 0.557. The number of hydrogen-bond donors (Lipinski definition) is 1. The third-order valence-corrected chi connectivity index (χ3v) is 7.03. The van der Waals surface area contributed by atoms with Crippen molar-refractivity contribution in [2.75, 3.05) is 31.6 Å². The Morgan fingerprint density at radius 1 is 0.912 bits per heavy atom. The van der Waals surface area contributed by atoms with Crippen LogP contribution in [0.25, 0.3) is 0 Å². The van der Waals surface area contributed by atoms with Crippen LogP contribution in [0.5, 0.6) is 11.5 Å². The number of hydrogen-bond acceptors (Lipinski definition) is 7. The smallest absolute Gasteiger partial charge is 0.269 e. The number of anilines is 1. The van der Waals surface area contributed by atoms with E-state index in [1.165, 1.54) is 40.7 Å². The summed E-state index contributed by atoms with van der Waals surface area (Å²) in [7, 11) is -3.57. The molecule has 0 atom stereocenters. The van der Waals surface area contributed by atoms with Crippen LogP contribution < -0.4 is 10.1 Å². The predicted molar refractivity (Wildman–Crippen MR) is 124 cm³/mol. The minimum atomic E-state index is -3.57. The number of rotatable bonds is 7. The summed E-state index contributed by atoms with van der Waals surface area (Å²) in [5.41, 5.74) is 0.713. The molecule has 1 N–H and O–H groups in total. The summed E-state index contributed by atoms with van der Waals surface area (Å²) >= 11 is 0. The van der Waals surface area contributed by atoms with Gasteiger partial charge in [0.2, 0.25) is 10.0 Å². The van der Waals surface area contributed by atoms with Crippen molar-refractivity contribution in [1.29, 1.82) is 0 Å². The van der Waals surface area contributed by atoms with Crippen LogP contribution in [0.1, 0.15) is 10.4 Å². The number of nitro groups is 1. The Bertz CT molecular complexity index is 1270. The van der Waals surface area contributed by atoms with E-state index in [2.05, 4.69) is 5.32 Å². The Labute approximate surface area is 195 Å². The molecule has 3 aromatic rings. The van der Waals surface area contributed by atoms with Crippen molar-refractivity contribution in [3.63, 3.8) is 0 Å². The van der Waals surface area contributed by atoms with Gasteiger partial charge in [0.25, 0.3) is 11.6 Å². The number of nitrogens with one attached hydrogen (secondary N) is 1. The fourth-order valence-corrected chi connectivity index (χ4v) is 4.70. The normalized spacial score (nSPS) is 14.4. The molecule has 1 aliphatic heterocycles. The number of benzene rings is 3. The van der Waals surface area contributed by atoms with Gasteiger partial charge in [-0.3, -0.25) is 14.9 Å². The second kappa shape index (κ2) is 10.00. The van der Waals surface area contributed by atoms with E-state index in [4.69, 9.17) is 9.47 Å². The number of non-ortho nitro benzene ring substituents is 1. The average molecular weight is 484 g/mol. The fourth-order valence-electron chi connectivity index (χ4n) is 3.30. The van der Waals surface area contributed by atoms with Crippen LogP contribution in [0.4, 0.5) is 11.4 Å². The molecule has 1 heterocycles. The lowest BCUT2D eigenvalue weighted by atomic mass is 10.2. The van der Waals surface area contributed by atoms with E-state index < -0.39 is 20.9 Å². The van der Waals surface area contributed by atoms with Crippen LogP contribution in [-0.4, -0.2) is 49.9 Å². The number of carbonyl (C=O) groups excluding carboxylic acids is 1. The molecule has 1 amide bonds. The van der Waals surface area contributed by atoms with Gasteiger partial charge in [-0.05, 0) is 60.7 Å². The lowest BCUT2D eigenvalue weighted by molar-refractivity contribution is -0.384. The van der Waals surface area contributed by atoms with Crippen molar-refractivity contribution < 1.29 is 27.6 Å². The highest BCUT2D eigenvalue weighted by Crippen LogP contribution is 2.26. The van der Waals surface area contributed by atoms with Crippen LogP contribution in [-0.2, 0) is 14.8 Å². The molecule has 176 valence electrons. The van der Waals surface area contributed by atoms with Crippen LogP contribution >= 0.6 is 0 Å². The van der Waals surface area contributed by atoms with E-state index in [1.807, 2.05) is 0 Å². The lowest BCUT2D eigenvalue weighted by Gasteiger charge is -2.26. The maximum atomic E-state index is 12.7. The van der Waals surface area contributed by atoms with Gasteiger partial charge in [-0.1, -0.05) is 0 Å². The first-order chi connectivity index (χ1) is 16.3.